The van der Waals surface area contributed by atoms with Crippen molar-refractivity contribution in [3.63, 3.8) is 0 Å². The molecule has 1 fully saturated rings. The van der Waals surface area contributed by atoms with Gasteiger partial charge in [-0.2, -0.15) is 5.10 Å². The van der Waals surface area contributed by atoms with Crippen molar-refractivity contribution < 1.29 is 4.79 Å². The van der Waals surface area contributed by atoms with Gasteiger partial charge >= 0.3 is 0 Å². The number of nitrogens with one attached hydrogen (secondary N) is 2. The van der Waals surface area contributed by atoms with Crippen molar-refractivity contribution in [2.75, 3.05) is 18.0 Å². The van der Waals surface area contributed by atoms with Crippen LogP contribution in [0.4, 0.5) is 5.82 Å². The third kappa shape index (κ3) is 4.69. The van der Waals surface area contributed by atoms with E-state index in [-0.39, 0.29) is 5.91 Å². The molecule has 1 aliphatic heterocycles. The number of thioether (sulfide) groups is 1. The molecule has 0 bridgehead atoms. The quantitative estimate of drug-likeness (QED) is 0.599. The predicted molar refractivity (Wildman–Crippen MR) is 109 cm³/mol. The molecule has 2 N–H and O–H groups in total. The number of amides is 1. The summed E-state index contributed by atoms with van der Waals surface area (Å²) in [4.78, 5) is 23.3. The van der Waals surface area contributed by atoms with Crippen LogP contribution in [0.5, 0.6) is 0 Å². The summed E-state index contributed by atoms with van der Waals surface area (Å²) in [5.74, 6) is 1.69. The van der Waals surface area contributed by atoms with E-state index < -0.39 is 0 Å². The van der Waals surface area contributed by atoms with E-state index >= 15 is 0 Å². The summed E-state index contributed by atoms with van der Waals surface area (Å²) >= 11 is 1.57. The topological polar surface area (TPSA) is 86.8 Å². The van der Waals surface area contributed by atoms with Gasteiger partial charge in [0.15, 0.2) is 5.16 Å². The smallest absolute Gasteiger partial charge is 0.251 e. The Bertz CT molecular complexity index is 907. The fourth-order valence-electron chi connectivity index (χ4n) is 3.14. The van der Waals surface area contributed by atoms with Crippen LogP contribution in [0.2, 0.25) is 0 Å². The lowest BCUT2D eigenvalue weighted by atomic mass is 10.1. The summed E-state index contributed by atoms with van der Waals surface area (Å²) in [6.45, 7) is 2.61. The van der Waals surface area contributed by atoms with Gasteiger partial charge in [-0.1, -0.05) is 23.9 Å². The average molecular weight is 395 g/mol. The number of rotatable bonds is 7. The third-order valence-electron chi connectivity index (χ3n) is 4.68. The molecule has 2 aromatic heterocycles. The van der Waals surface area contributed by atoms with Crippen LogP contribution in [0.3, 0.4) is 0 Å². The van der Waals surface area contributed by atoms with Gasteiger partial charge in [0.1, 0.15) is 12.1 Å². The van der Waals surface area contributed by atoms with Gasteiger partial charge in [0.2, 0.25) is 0 Å². The van der Waals surface area contributed by atoms with Crippen molar-refractivity contribution in [3.8, 4) is 0 Å². The van der Waals surface area contributed by atoms with Crippen LogP contribution >= 0.6 is 11.8 Å². The normalized spacial score (nSPS) is 13.6. The number of nitrogens with zero attached hydrogens (tertiary/aromatic N) is 4. The lowest BCUT2D eigenvalue weighted by Crippen LogP contribution is -2.23. The molecule has 0 atom stereocenters. The van der Waals surface area contributed by atoms with Crippen molar-refractivity contribution in [3.05, 3.63) is 65.6 Å². The number of hydrogen-bond donors (Lipinski definition) is 2. The van der Waals surface area contributed by atoms with E-state index in [0.717, 1.165) is 40.9 Å². The third-order valence-corrected chi connectivity index (χ3v) is 5.63. The average Bonchev–Trinajstić information content (AvgIpc) is 3.45. The zero-order valence-corrected chi connectivity index (χ0v) is 16.3. The van der Waals surface area contributed by atoms with Crippen LogP contribution in [-0.4, -0.2) is 39.2 Å². The highest BCUT2D eigenvalue weighted by Crippen LogP contribution is 2.19. The monoisotopic (exact) mass is 394 g/mol. The van der Waals surface area contributed by atoms with Crippen molar-refractivity contribution in [2.24, 2.45) is 0 Å². The summed E-state index contributed by atoms with van der Waals surface area (Å²) < 4.78 is 0. The van der Waals surface area contributed by atoms with Crippen LogP contribution in [0.15, 0.2) is 54.1 Å². The molecule has 1 aliphatic rings. The number of aromatic amines is 1. The number of benzene rings is 1. The highest BCUT2D eigenvalue weighted by molar-refractivity contribution is 7.98. The number of pyridine rings is 1. The Morgan fingerprint density at radius 2 is 1.93 bits per heavy atom. The zero-order valence-electron chi connectivity index (χ0n) is 15.5. The van der Waals surface area contributed by atoms with Gasteiger partial charge in [0.05, 0.1) is 0 Å². The first-order valence-corrected chi connectivity index (χ1v) is 10.3. The Hall–Kier alpha value is -2.87. The fraction of sp³-hybridized carbons (Fsp3) is 0.300. The van der Waals surface area contributed by atoms with Crippen LogP contribution in [-0.2, 0) is 12.3 Å². The fourth-order valence-corrected chi connectivity index (χ4v) is 3.88. The molecule has 7 nitrogen and oxygen atoms in total. The molecule has 4 rings (SSSR count). The van der Waals surface area contributed by atoms with Gasteiger partial charge in [-0.05, 0) is 48.2 Å². The molecule has 28 heavy (non-hydrogen) atoms. The summed E-state index contributed by atoms with van der Waals surface area (Å²) in [6, 6.07) is 11.7. The maximum atomic E-state index is 12.4. The Morgan fingerprint density at radius 3 is 2.68 bits per heavy atom. The minimum absolute atomic E-state index is 0.0750. The second-order valence-electron chi connectivity index (χ2n) is 6.68. The van der Waals surface area contributed by atoms with Crippen LogP contribution in [0.1, 0.15) is 34.3 Å². The minimum Gasteiger partial charge on any atom is -0.357 e. The molecule has 1 aromatic carbocycles. The second-order valence-corrected chi connectivity index (χ2v) is 7.64. The van der Waals surface area contributed by atoms with Gasteiger partial charge in [-0.15, -0.1) is 0 Å². The number of H-pyrrole nitrogens is 1. The van der Waals surface area contributed by atoms with Gasteiger partial charge in [0.25, 0.3) is 5.91 Å². The van der Waals surface area contributed by atoms with Crippen molar-refractivity contribution >= 4 is 23.5 Å². The van der Waals surface area contributed by atoms with Crippen LogP contribution < -0.4 is 10.2 Å². The molecule has 1 saturated heterocycles. The Morgan fingerprint density at radius 1 is 1.11 bits per heavy atom. The van der Waals surface area contributed by atoms with E-state index in [0.29, 0.717) is 12.1 Å². The van der Waals surface area contributed by atoms with Crippen molar-refractivity contribution in [1.82, 2.24) is 25.5 Å². The molecular weight excluding hydrogens is 372 g/mol. The Kier molecular flexibility index (Phi) is 5.86. The molecule has 0 spiro atoms. The van der Waals surface area contributed by atoms with E-state index in [1.54, 1.807) is 11.8 Å². The van der Waals surface area contributed by atoms with Gasteiger partial charge in [0, 0.05) is 37.1 Å². The SMILES string of the molecule is O=C(NCc1ccnc(N2CCCC2)c1)c1ccc(CSc2ncn[nH]2)cc1. The molecule has 0 unspecified atom stereocenters. The maximum Gasteiger partial charge on any atom is 0.251 e. The van der Waals surface area contributed by atoms with Gasteiger partial charge in [-0.25, -0.2) is 9.97 Å². The predicted octanol–water partition coefficient (Wildman–Crippen LogP) is 3.02. The number of carbonyl (C=O) groups is 1. The summed E-state index contributed by atoms with van der Waals surface area (Å²) in [5.41, 5.74) is 2.84. The molecule has 0 radical (unpaired) electrons. The number of anilines is 1. The van der Waals surface area contributed by atoms with E-state index in [1.165, 1.54) is 19.2 Å². The molecule has 0 aliphatic carbocycles. The number of hydrogen-bond acceptors (Lipinski definition) is 6. The van der Waals surface area contributed by atoms with E-state index in [4.69, 9.17) is 0 Å². The lowest BCUT2D eigenvalue weighted by molar-refractivity contribution is 0.0951. The van der Waals surface area contributed by atoms with Gasteiger partial charge in [-0.3, -0.25) is 9.89 Å². The summed E-state index contributed by atoms with van der Waals surface area (Å²) in [6.07, 6.45) is 5.74. The summed E-state index contributed by atoms with van der Waals surface area (Å²) in [7, 11) is 0. The van der Waals surface area contributed by atoms with Crippen molar-refractivity contribution in [2.45, 2.75) is 30.3 Å². The maximum absolute atomic E-state index is 12.4. The first-order valence-electron chi connectivity index (χ1n) is 9.33. The Balaban J connectivity index is 1.30. The van der Waals surface area contributed by atoms with Gasteiger partial charge < -0.3 is 10.2 Å². The minimum atomic E-state index is -0.0750. The molecule has 0 saturated carbocycles. The molecule has 1 amide bonds. The Labute approximate surface area is 168 Å². The van der Waals surface area contributed by atoms with Crippen LogP contribution in [0.25, 0.3) is 0 Å². The molecular formula is C20H22N6OS. The lowest BCUT2D eigenvalue weighted by Gasteiger charge is -2.17. The molecule has 3 aromatic rings. The van der Waals surface area contributed by atoms with Crippen molar-refractivity contribution in [1.29, 1.82) is 0 Å². The zero-order chi connectivity index (χ0) is 19.2. The highest BCUT2D eigenvalue weighted by atomic mass is 32.2. The summed E-state index contributed by atoms with van der Waals surface area (Å²) in [5, 5.41) is 10.4. The van der Waals surface area contributed by atoms with E-state index in [1.807, 2.05) is 36.5 Å². The first kappa shape index (κ1) is 18.5. The molecule has 144 valence electrons. The van der Waals surface area contributed by atoms with E-state index in [2.05, 4.69) is 36.4 Å². The first-order chi connectivity index (χ1) is 13.8. The number of aromatic nitrogens is 4. The molecule has 8 heteroatoms. The molecule has 3 heterocycles. The second kappa shape index (κ2) is 8.88. The largest absolute Gasteiger partial charge is 0.357 e. The number of carbonyl (C=O) groups excluding carboxylic acids is 1. The standard InChI is InChI=1S/C20H22N6OS/c27-19(17-5-3-15(4-6-17)13-28-20-23-14-24-25-20)22-12-16-7-8-21-18(11-16)26-9-1-2-10-26/h3-8,11,14H,1-2,9-10,12-13H2,(H,22,27)(H,23,24,25). The van der Waals surface area contributed by atoms with E-state index in [9.17, 15) is 4.79 Å². The van der Waals surface area contributed by atoms with Crippen LogP contribution in [0, 0.1) is 0 Å². The highest BCUT2D eigenvalue weighted by Gasteiger charge is 2.14.